The van der Waals surface area contributed by atoms with Gasteiger partial charge in [0.05, 0.1) is 11.0 Å². The Morgan fingerprint density at radius 2 is 1.70 bits per heavy atom. The fourth-order valence-corrected chi connectivity index (χ4v) is 2.55. The summed E-state index contributed by atoms with van der Waals surface area (Å²) in [6, 6.07) is 21.5. The SMILES string of the molecule is [c]1ccccc1-c1ccnc2c1ccc1cccnc12. The zero-order valence-electron chi connectivity index (χ0n) is 10.7. The van der Waals surface area contributed by atoms with Gasteiger partial charge >= 0.3 is 0 Å². The Labute approximate surface area is 116 Å². The topological polar surface area (TPSA) is 25.8 Å². The van der Waals surface area contributed by atoms with Crippen molar-refractivity contribution in [2.45, 2.75) is 0 Å². The van der Waals surface area contributed by atoms with Gasteiger partial charge in [-0.05, 0) is 29.3 Å². The Morgan fingerprint density at radius 1 is 0.750 bits per heavy atom. The Hall–Kier alpha value is -2.74. The number of hydrogen-bond donors (Lipinski definition) is 0. The zero-order chi connectivity index (χ0) is 13.4. The molecule has 0 bridgehead atoms. The molecular weight excluding hydrogens is 244 g/mol. The van der Waals surface area contributed by atoms with E-state index in [1.165, 1.54) is 0 Å². The second-order valence-electron chi connectivity index (χ2n) is 4.67. The normalized spacial score (nSPS) is 11.0. The van der Waals surface area contributed by atoms with E-state index in [0.29, 0.717) is 0 Å². The van der Waals surface area contributed by atoms with Crippen molar-refractivity contribution in [2.75, 3.05) is 0 Å². The van der Waals surface area contributed by atoms with E-state index in [0.717, 1.165) is 32.9 Å². The standard InChI is InChI=1S/C18H11N2/c1-2-5-13(6-3-1)15-10-12-20-18-16(15)9-8-14-7-4-11-19-17(14)18/h1-5,7-12H. The number of hydrogen-bond acceptors (Lipinski definition) is 2. The zero-order valence-corrected chi connectivity index (χ0v) is 10.7. The fraction of sp³-hybridized carbons (Fsp3) is 0. The van der Waals surface area contributed by atoms with Crippen LogP contribution in [-0.4, -0.2) is 9.97 Å². The second kappa shape index (κ2) is 4.42. The van der Waals surface area contributed by atoms with Crippen LogP contribution in [-0.2, 0) is 0 Å². The monoisotopic (exact) mass is 255 g/mol. The van der Waals surface area contributed by atoms with Crippen LogP contribution in [0.25, 0.3) is 32.9 Å². The molecule has 2 heteroatoms. The number of benzene rings is 2. The molecular formula is C18H11N2. The minimum Gasteiger partial charge on any atom is -0.254 e. The third-order valence-electron chi connectivity index (χ3n) is 3.48. The first-order valence-electron chi connectivity index (χ1n) is 6.53. The number of fused-ring (bicyclic) bond motifs is 3. The fourth-order valence-electron chi connectivity index (χ4n) is 2.55. The van der Waals surface area contributed by atoms with Gasteiger partial charge in [-0.3, -0.25) is 9.97 Å². The van der Waals surface area contributed by atoms with Gasteiger partial charge in [-0.2, -0.15) is 0 Å². The van der Waals surface area contributed by atoms with Crippen LogP contribution in [0.15, 0.2) is 67.0 Å². The highest BCUT2D eigenvalue weighted by atomic mass is 14.7. The molecule has 93 valence electrons. The van der Waals surface area contributed by atoms with E-state index in [4.69, 9.17) is 0 Å². The number of nitrogens with zero attached hydrogens (tertiary/aromatic N) is 2. The van der Waals surface area contributed by atoms with E-state index in [9.17, 15) is 0 Å². The van der Waals surface area contributed by atoms with Crippen LogP contribution >= 0.6 is 0 Å². The molecule has 0 amide bonds. The lowest BCUT2D eigenvalue weighted by molar-refractivity contribution is 1.37. The van der Waals surface area contributed by atoms with E-state index >= 15 is 0 Å². The van der Waals surface area contributed by atoms with Crippen LogP contribution in [0.5, 0.6) is 0 Å². The van der Waals surface area contributed by atoms with Crippen molar-refractivity contribution in [2.24, 2.45) is 0 Å². The first kappa shape index (κ1) is 11.1. The van der Waals surface area contributed by atoms with Crippen LogP contribution in [0.3, 0.4) is 0 Å². The van der Waals surface area contributed by atoms with Gasteiger partial charge in [0.25, 0.3) is 0 Å². The predicted octanol–water partition coefficient (Wildman–Crippen LogP) is 4.25. The molecule has 2 nitrogen and oxygen atoms in total. The Balaban J connectivity index is 2.12. The quantitative estimate of drug-likeness (QED) is 0.475. The lowest BCUT2D eigenvalue weighted by Gasteiger charge is -2.07. The lowest BCUT2D eigenvalue weighted by Crippen LogP contribution is -1.87. The Kier molecular flexibility index (Phi) is 2.46. The molecule has 0 aliphatic heterocycles. The average Bonchev–Trinajstić information content (AvgIpc) is 2.55. The smallest absolute Gasteiger partial charge is 0.0970 e. The van der Waals surface area contributed by atoms with Crippen molar-refractivity contribution in [3.05, 3.63) is 73.1 Å². The summed E-state index contributed by atoms with van der Waals surface area (Å²) in [4.78, 5) is 8.99. The molecule has 2 aromatic heterocycles. The van der Waals surface area contributed by atoms with Crippen molar-refractivity contribution in [1.29, 1.82) is 0 Å². The van der Waals surface area contributed by atoms with Gasteiger partial charge in [0.2, 0.25) is 0 Å². The second-order valence-corrected chi connectivity index (χ2v) is 4.67. The molecule has 0 N–H and O–H groups in total. The maximum absolute atomic E-state index is 4.52. The van der Waals surface area contributed by atoms with Gasteiger partial charge in [0.1, 0.15) is 0 Å². The van der Waals surface area contributed by atoms with Crippen LogP contribution in [0.4, 0.5) is 0 Å². The van der Waals surface area contributed by atoms with E-state index in [1.54, 1.807) is 0 Å². The maximum Gasteiger partial charge on any atom is 0.0970 e. The van der Waals surface area contributed by atoms with Gasteiger partial charge in [-0.25, -0.2) is 0 Å². The summed E-state index contributed by atoms with van der Waals surface area (Å²) in [5.74, 6) is 0. The van der Waals surface area contributed by atoms with E-state index in [2.05, 4.69) is 40.3 Å². The number of rotatable bonds is 1. The molecule has 1 radical (unpaired) electrons. The molecule has 4 aromatic rings. The summed E-state index contributed by atoms with van der Waals surface area (Å²) in [5.41, 5.74) is 4.11. The van der Waals surface area contributed by atoms with Gasteiger partial charge in [-0.15, -0.1) is 0 Å². The van der Waals surface area contributed by atoms with Gasteiger partial charge < -0.3 is 0 Å². The summed E-state index contributed by atoms with van der Waals surface area (Å²) in [6.07, 6.45) is 3.65. The van der Waals surface area contributed by atoms with Crippen LogP contribution in [0.2, 0.25) is 0 Å². The average molecular weight is 255 g/mol. The lowest BCUT2D eigenvalue weighted by atomic mass is 10.00. The molecule has 0 aliphatic rings. The largest absolute Gasteiger partial charge is 0.254 e. The van der Waals surface area contributed by atoms with Gasteiger partial charge in [0.15, 0.2) is 0 Å². The summed E-state index contributed by atoms with van der Waals surface area (Å²) < 4.78 is 0. The summed E-state index contributed by atoms with van der Waals surface area (Å²) in [5, 5.41) is 2.22. The number of pyridine rings is 2. The Morgan fingerprint density at radius 3 is 2.60 bits per heavy atom. The predicted molar refractivity (Wildman–Crippen MR) is 81.3 cm³/mol. The molecule has 2 heterocycles. The minimum atomic E-state index is 0.942. The molecule has 0 saturated carbocycles. The first-order valence-corrected chi connectivity index (χ1v) is 6.53. The van der Waals surface area contributed by atoms with Crippen molar-refractivity contribution in [1.82, 2.24) is 9.97 Å². The highest BCUT2D eigenvalue weighted by molar-refractivity contribution is 6.07. The highest BCUT2D eigenvalue weighted by Gasteiger charge is 2.07. The molecule has 2 aromatic carbocycles. The van der Waals surface area contributed by atoms with E-state index in [-0.39, 0.29) is 0 Å². The van der Waals surface area contributed by atoms with Crippen LogP contribution < -0.4 is 0 Å². The molecule has 0 fully saturated rings. The number of aromatic nitrogens is 2. The minimum absolute atomic E-state index is 0.942. The molecule has 20 heavy (non-hydrogen) atoms. The molecule has 0 spiro atoms. The van der Waals surface area contributed by atoms with Crippen molar-refractivity contribution >= 4 is 21.8 Å². The molecule has 0 aliphatic carbocycles. The molecule has 0 unspecified atom stereocenters. The first-order chi connectivity index (χ1) is 9.93. The maximum atomic E-state index is 4.52. The molecule has 0 saturated heterocycles. The van der Waals surface area contributed by atoms with Crippen molar-refractivity contribution in [3.63, 3.8) is 0 Å². The molecule has 0 atom stereocenters. The van der Waals surface area contributed by atoms with Crippen molar-refractivity contribution < 1.29 is 0 Å². The molecule has 4 rings (SSSR count). The van der Waals surface area contributed by atoms with Crippen LogP contribution in [0.1, 0.15) is 0 Å². The third kappa shape index (κ3) is 1.66. The summed E-state index contributed by atoms with van der Waals surface area (Å²) in [7, 11) is 0. The Bertz CT molecular complexity index is 899. The van der Waals surface area contributed by atoms with Gasteiger partial charge in [0, 0.05) is 23.2 Å². The van der Waals surface area contributed by atoms with E-state index in [1.807, 2.05) is 42.7 Å². The summed E-state index contributed by atoms with van der Waals surface area (Å²) in [6.45, 7) is 0. The summed E-state index contributed by atoms with van der Waals surface area (Å²) >= 11 is 0. The highest BCUT2D eigenvalue weighted by Crippen LogP contribution is 2.30. The van der Waals surface area contributed by atoms with Crippen LogP contribution in [0, 0.1) is 6.07 Å². The van der Waals surface area contributed by atoms with Gasteiger partial charge in [-0.1, -0.05) is 42.5 Å². The van der Waals surface area contributed by atoms with Crippen molar-refractivity contribution in [3.8, 4) is 11.1 Å². The third-order valence-corrected chi connectivity index (χ3v) is 3.48. The van der Waals surface area contributed by atoms with E-state index < -0.39 is 0 Å².